The lowest BCUT2D eigenvalue weighted by Crippen LogP contribution is -1.88. The second kappa shape index (κ2) is 17.2. The standard InChI is InChI=1S/C20H14.2C3H8.3C2H6/c1-3-7-16-14(6-1)12-19-18(16)10-9-15-11-13-5-2-4-8-17(13)20(15)19;2*1-3-2;3*1-2/h1-10H,11-12H2;2*3H2,1-2H3;3*1-2H3. The molecule has 0 saturated carbocycles. The third-order valence-electron chi connectivity index (χ3n) is 4.74. The summed E-state index contributed by atoms with van der Waals surface area (Å²) >= 11 is 0. The highest BCUT2D eigenvalue weighted by Gasteiger charge is 2.27. The van der Waals surface area contributed by atoms with Gasteiger partial charge in [-0.1, -0.05) is 143 Å². The topological polar surface area (TPSA) is 0 Å². The number of rotatable bonds is 0. The van der Waals surface area contributed by atoms with Gasteiger partial charge < -0.3 is 0 Å². The van der Waals surface area contributed by atoms with Gasteiger partial charge in [0.1, 0.15) is 0 Å². The van der Waals surface area contributed by atoms with Crippen LogP contribution in [-0.2, 0) is 12.8 Å². The molecule has 0 N–H and O–H groups in total. The van der Waals surface area contributed by atoms with Gasteiger partial charge in [-0.25, -0.2) is 0 Å². The van der Waals surface area contributed by atoms with Crippen LogP contribution in [0.2, 0.25) is 0 Å². The Morgan fingerprint density at radius 3 is 1.44 bits per heavy atom. The van der Waals surface area contributed by atoms with E-state index in [2.05, 4.69) is 88.4 Å². The summed E-state index contributed by atoms with van der Waals surface area (Å²) in [5.41, 5.74) is 11.8. The minimum absolute atomic E-state index is 1.09. The zero-order valence-electron chi connectivity index (χ0n) is 22.6. The Labute approximate surface area is 200 Å². The molecule has 0 amide bonds. The van der Waals surface area contributed by atoms with Gasteiger partial charge in [0.25, 0.3) is 0 Å². The van der Waals surface area contributed by atoms with E-state index < -0.39 is 0 Å². The van der Waals surface area contributed by atoms with Gasteiger partial charge in [0.05, 0.1) is 0 Å². The van der Waals surface area contributed by atoms with Crippen LogP contribution in [0, 0.1) is 0 Å². The molecule has 0 aliphatic heterocycles. The summed E-state index contributed by atoms with van der Waals surface area (Å²) < 4.78 is 0. The first kappa shape index (κ1) is 29.7. The molecular weight excluding hydrogens is 384 g/mol. The fourth-order valence-corrected chi connectivity index (χ4v) is 3.87. The summed E-state index contributed by atoms with van der Waals surface area (Å²) in [5.74, 6) is 0. The van der Waals surface area contributed by atoms with Crippen LogP contribution < -0.4 is 0 Å². The average Bonchev–Trinajstić information content (AvgIpc) is 3.42. The van der Waals surface area contributed by atoms with Crippen molar-refractivity contribution in [1.82, 2.24) is 0 Å². The molecule has 0 fully saturated rings. The minimum atomic E-state index is 1.09. The van der Waals surface area contributed by atoms with E-state index in [9.17, 15) is 0 Å². The van der Waals surface area contributed by atoms with Crippen LogP contribution in [0.15, 0.2) is 60.7 Å². The summed E-state index contributed by atoms with van der Waals surface area (Å²) in [5, 5.41) is 0. The van der Waals surface area contributed by atoms with Gasteiger partial charge in [-0.15, -0.1) is 0 Å². The number of benzene rings is 3. The lowest BCUT2D eigenvalue weighted by atomic mass is 9.95. The molecule has 3 aromatic rings. The highest BCUT2D eigenvalue weighted by molar-refractivity contribution is 5.89. The highest BCUT2D eigenvalue weighted by atomic mass is 14.3. The minimum Gasteiger partial charge on any atom is -0.0683 e. The monoisotopic (exact) mass is 432 g/mol. The van der Waals surface area contributed by atoms with E-state index in [0.717, 1.165) is 12.8 Å². The normalized spacial score (nSPS) is 10.2. The predicted molar refractivity (Wildman–Crippen MR) is 149 cm³/mol. The Hall–Kier alpha value is -2.34. The molecule has 0 spiro atoms. The van der Waals surface area contributed by atoms with Crippen molar-refractivity contribution < 1.29 is 0 Å². The molecule has 0 bridgehead atoms. The summed E-state index contributed by atoms with van der Waals surface area (Å²) in [6.45, 7) is 20.5. The molecule has 0 saturated heterocycles. The Bertz CT molecular complexity index is 884. The molecular formula is C32H48. The molecule has 5 rings (SSSR count). The van der Waals surface area contributed by atoms with Crippen LogP contribution in [0.4, 0.5) is 0 Å². The third kappa shape index (κ3) is 7.09. The molecule has 2 aliphatic rings. The highest BCUT2D eigenvalue weighted by Crippen LogP contribution is 2.47. The van der Waals surface area contributed by atoms with Crippen molar-refractivity contribution in [2.45, 2.75) is 94.9 Å². The van der Waals surface area contributed by atoms with E-state index in [1.165, 1.54) is 57.3 Å². The van der Waals surface area contributed by atoms with Gasteiger partial charge in [-0.2, -0.15) is 0 Å². The Balaban J connectivity index is 0.000000694. The summed E-state index contributed by atoms with van der Waals surface area (Å²) in [7, 11) is 0. The van der Waals surface area contributed by atoms with Gasteiger partial charge in [0.15, 0.2) is 0 Å². The van der Waals surface area contributed by atoms with Gasteiger partial charge in [0, 0.05) is 0 Å². The van der Waals surface area contributed by atoms with E-state index in [1.807, 2.05) is 41.5 Å². The molecule has 0 atom stereocenters. The molecule has 0 radical (unpaired) electrons. The maximum atomic E-state index is 2.33. The largest absolute Gasteiger partial charge is 0.0683 e. The second-order valence-corrected chi connectivity index (χ2v) is 7.21. The third-order valence-corrected chi connectivity index (χ3v) is 4.74. The second-order valence-electron chi connectivity index (χ2n) is 7.21. The summed E-state index contributed by atoms with van der Waals surface area (Å²) in [4.78, 5) is 0. The van der Waals surface area contributed by atoms with Crippen LogP contribution in [0.25, 0.3) is 22.3 Å². The quantitative estimate of drug-likeness (QED) is 0.228. The smallest absolute Gasteiger partial charge is 0.000718 e. The SMILES string of the molecule is CC.CC.CC.CCC.CCC.c1ccc2c(c1)Cc1c-2ccc2c1-c1ccccc1C2. The molecule has 0 nitrogen and oxygen atoms in total. The number of hydrogen-bond donors (Lipinski definition) is 0. The van der Waals surface area contributed by atoms with Crippen molar-refractivity contribution in [1.29, 1.82) is 0 Å². The average molecular weight is 433 g/mol. The van der Waals surface area contributed by atoms with E-state index in [4.69, 9.17) is 0 Å². The van der Waals surface area contributed by atoms with Crippen LogP contribution >= 0.6 is 0 Å². The Morgan fingerprint density at radius 1 is 0.469 bits per heavy atom. The lowest BCUT2D eigenvalue weighted by molar-refractivity contribution is 1.09. The van der Waals surface area contributed by atoms with Gasteiger partial charge in [-0.3, -0.25) is 0 Å². The predicted octanol–water partition coefficient (Wildman–Crippen LogP) is 10.7. The first-order valence-electron chi connectivity index (χ1n) is 13.1. The molecule has 3 aromatic carbocycles. The van der Waals surface area contributed by atoms with Gasteiger partial charge in [0.2, 0.25) is 0 Å². The fourth-order valence-electron chi connectivity index (χ4n) is 3.87. The Morgan fingerprint density at radius 2 is 0.906 bits per heavy atom. The lowest BCUT2D eigenvalue weighted by Gasteiger charge is -2.08. The molecule has 32 heavy (non-hydrogen) atoms. The van der Waals surface area contributed by atoms with Gasteiger partial charge >= 0.3 is 0 Å². The Kier molecular flexibility index (Phi) is 16.0. The van der Waals surface area contributed by atoms with Crippen molar-refractivity contribution in [2.75, 3.05) is 0 Å². The van der Waals surface area contributed by atoms with Crippen molar-refractivity contribution in [2.24, 2.45) is 0 Å². The first-order valence-corrected chi connectivity index (χ1v) is 13.1. The van der Waals surface area contributed by atoms with Crippen molar-refractivity contribution >= 4 is 0 Å². The fraction of sp³-hybridized carbons (Fsp3) is 0.438. The van der Waals surface area contributed by atoms with Crippen molar-refractivity contribution in [3.05, 3.63) is 82.9 Å². The molecule has 0 heterocycles. The first-order chi connectivity index (χ1) is 15.7. The zero-order valence-corrected chi connectivity index (χ0v) is 22.6. The molecule has 0 aromatic heterocycles. The van der Waals surface area contributed by atoms with E-state index in [0.29, 0.717) is 0 Å². The summed E-state index contributed by atoms with van der Waals surface area (Å²) in [6, 6.07) is 22.3. The maximum absolute atomic E-state index is 2.33. The van der Waals surface area contributed by atoms with E-state index >= 15 is 0 Å². The number of hydrogen-bond acceptors (Lipinski definition) is 0. The van der Waals surface area contributed by atoms with E-state index in [-0.39, 0.29) is 0 Å². The molecule has 0 unspecified atom stereocenters. The number of fused-ring (bicyclic) bond motifs is 7. The van der Waals surface area contributed by atoms with Crippen LogP contribution in [0.1, 0.15) is 104 Å². The van der Waals surface area contributed by atoms with E-state index in [1.54, 1.807) is 0 Å². The van der Waals surface area contributed by atoms with Crippen molar-refractivity contribution in [3.63, 3.8) is 0 Å². The van der Waals surface area contributed by atoms with Crippen LogP contribution in [0.5, 0.6) is 0 Å². The molecule has 2 aliphatic carbocycles. The van der Waals surface area contributed by atoms with Crippen LogP contribution in [0.3, 0.4) is 0 Å². The summed E-state index contributed by atoms with van der Waals surface area (Å²) in [6.07, 6.45) is 4.68. The molecule has 0 heteroatoms. The maximum Gasteiger partial charge on any atom is -0.000718 e. The van der Waals surface area contributed by atoms with Crippen LogP contribution in [-0.4, -0.2) is 0 Å². The molecule has 176 valence electrons. The van der Waals surface area contributed by atoms with Crippen molar-refractivity contribution in [3.8, 4) is 22.3 Å². The van der Waals surface area contributed by atoms with Gasteiger partial charge in [-0.05, 0) is 57.3 Å². The zero-order chi connectivity index (χ0) is 24.5.